The highest BCUT2D eigenvalue weighted by atomic mass is 16.5. The molecule has 0 atom stereocenters. The van der Waals surface area contributed by atoms with Crippen molar-refractivity contribution in [1.82, 2.24) is 0 Å². The maximum absolute atomic E-state index is 13.6. The van der Waals surface area contributed by atoms with Crippen molar-refractivity contribution in [1.29, 1.82) is 0 Å². The third kappa shape index (κ3) is 4.59. The molecule has 0 unspecified atom stereocenters. The third-order valence-electron chi connectivity index (χ3n) is 5.28. The van der Waals surface area contributed by atoms with Crippen LogP contribution in [0.2, 0.25) is 0 Å². The van der Waals surface area contributed by atoms with E-state index >= 15 is 0 Å². The van der Waals surface area contributed by atoms with Crippen LogP contribution in [0.3, 0.4) is 0 Å². The molecule has 7 heteroatoms. The van der Waals surface area contributed by atoms with Gasteiger partial charge in [-0.1, -0.05) is 18.2 Å². The highest BCUT2D eigenvalue weighted by Gasteiger charge is 2.40. The molecule has 1 aliphatic rings. The first kappa shape index (κ1) is 22.9. The Kier molecular flexibility index (Phi) is 6.82. The number of amides is 2. The summed E-state index contributed by atoms with van der Waals surface area (Å²) in [5.41, 5.74) is 2.19. The van der Waals surface area contributed by atoms with Crippen molar-refractivity contribution in [3.63, 3.8) is 0 Å². The number of nitrogens with zero attached hydrogens (tertiary/aromatic N) is 1. The topological polar surface area (TPSA) is 77.1 Å². The monoisotopic (exact) mass is 458 g/mol. The van der Waals surface area contributed by atoms with Gasteiger partial charge in [-0.3, -0.25) is 9.59 Å². The number of hydrogen-bond acceptors (Lipinski definition) is 6. The van der Waals surface area contributed by atoms with Crippen molar-refractivity contribution in [2.45, 2.75) is 13.8 Å². The lowest BCUT2D eigenvalue weighted by molar-refractivity contribution is -0.120. The number of hydrogen-bond donors (Lipinski definition) is 1. The van der Waals surface area contributed by atoms with E-state index < -0.39 is 11.8 Å². The Morgan fingerprint density at radius 1 is 0.765 bits per heavy atom. The number of carbonyl (C=O) groups excluding carboxylic acids is 2. The van der Waals surface area contributed by atoms with Gasteiger partial charge in [-0.2, -0.15) is 0 Å². The molecule has 3 aromatic rings. The summed E-state index contributed by atoms with van der Waals surface area (Å²) in [5, 5.41) is 3.16. The second kappa shape index (κ2) is 10.1. The molecule has 0 aliphatic carbocycles. The van der Waals surface area contributed by atoms with Crippen LogP contribution < -0.4 is 24.4 Å². The lowest BCUT2D eigenvalue weighted by Crippen LogP contribution is -2.32. The van der Waals surface area contributed by atoms with Gasteiger partial charge in [-0.25, -0.2) is 4.90 Å². The summed E-state index contributed by atoms with van der Waals surface area (Å²) in [5.74, 6) is 1.13. The van der Waals surface area contributed by atoms with Crippen LogP contribution >= 0.6 is 0 Å². The molecule has 1 heterocycles. The summed E-state index contributed by atoms with van der Waals surface area (Å²) in [6.45, 7) is 4.86. The molecule has 4 rings (SSSR count). The van der Waals surface area contributed by atoms with E-state index in [1.807, 2.05) is 32.0 Å². The van der Waals surface area contributed by atoms with Crippen LogP contribution in [-0.2, 0) is 9.59 Å². The Morgan fingerprint density at radius 2 is 1.41 bits per heavy atom. The van der Waals surface area contributed by atoms with Gasteiger partial charge < -0.3 is 19.5 Å². The fraction of sp³-hybridized carbons (Fsp3) is 0.185. The molecule has 3 aromatic carbocycles. The van der Waals surface area contributed by atoms with Gasteiger partial charge in [-0.05, 0) is 67.9 Å². The zero-order chi connectivity index (χ0) is 24.1. The number of methoxy groups -OCH3 is 1. The van der Waals surface area contributed by atoms with E-state index in [1.54, 1.807) is 61.7 Å². The molecule has 174 valence electrons. The van der Waals surface area contributed by atoms with Crippen molar-refractivity contribution in [3.8, 4) is 17.2 Å². The molecule has 0 bridgehead atoms. The number of anilines is 2. The van der Waals surface area contributed by atoms with Crippen LogP contribution in [0.1, 0.15) is 19.4 Å². The highest BCUT2D eigenvalue weighted by molar-refractivity contribution is 6.46. The van der Waals surface area contributed by atoms with Crippen molar-refractivity contribution >= 4 is 28.8 Å². The van der Waals surface area contributed by atoms with E-state index in [2.05, 4.69) is 5.32 Å². The first-order chi connectivity index (χ1) is 16.5. The van der Waals surface area contributed by atoms with Gasteiger partial charge in [-0.15, -0.1) is 0 Å². The number of nitrogens with one attached hydrogen (secondary N) is 1. The van der Waals surface area contributed by atoms with Crippen molar-refractivity contribution < 1.29 is 23.8 Å². The minimum Gasteiger partial charge on any atom is -0.497 e. The van der Waals surface area contributed by atoms with Gasteiger partial charge in [0.1, 0.15) is 22.9 Å². The quantitative estimate of drug-likeness (QED) is 0.460. The standard InChI is InChI=1S/C27H26N2O5/c1-4-33-22-13-9-18(10-14-22)24-25(28-19-7-6-8-23(17-19)34-5-2)27(31)29(26(24)30)20-11-15-21(32-3)16-12-20/h6-17,28H,4-5H2,1-3H3. The van der Waals surface area contributed by atoms with Crippen LogP contribution in [0.5, 0.6) is 17.2 Å². The molecular formula is C27H26N2O5. The Labute approximate surface area is 198 Å². The molecular weight excluding hydrogens is 432 g/mol. The number of carbonyl (C=O) groups is 2. The molecule has 1 aliphatic heterocycles. The zero-order valence-corrected chi connectivity index (χ0v) is 19.3. The number of imide groups is 1. The molecule has 0 fully saturated rings. The normalized spacial score (nSPS) is 13.3. The second-order valence-electron chi connectivity index (χ2n) is 7.44. The van der Waals surface area contributed by atoms with Gasteiger partial charge >= 0.3 is 0 Å². The second-order valence-corrected chi connectivity index (χ2v) is 7.44. The minimum atomic E-state index is -0.444. The summed E-state index contributed by atoms with van der Waals surface area (Å²) in [6.07, 6.45) is 0. The average molecular weight is 459 g/mol. The lowest BCUT2D eigenvalue weighted by atomic mass is 10.0. The smallest absolute Gasteiger partial charge is 0.282 e. The zero-order valence-electron chi connectivity index (χ0n) is 19.3. The molecule has 0 aromatic heterocycles. The first-order valence-electron chi connectivity index (χ1n) is 11.1. The predicted molar refractivity (Wildman–Crippen MR) is 131 cm³/mol. The van der Waals surface area contributed by atoms with Crippen LogP contribution in [0.4, 0.5) is 11.4 Å². The summed E-state index contributed by atoms with van der Waals surface area (Å²) in [6, 6.07) is 21.2. The molecule has 0 saturated heterocycles. The van der Waals surface area contributed by atoms with E-state index in [0.29, 0.717) is 47.4 Å². The molecule has 1 N–H and O–H groups in total. The van der Waals surface area contributed by atoms with E-state index in [-0.39, 0.29) is 11.3 Å². The number of ether oxygens (including phenoxy) is 3. The fourth-order valence-electron chi connectivity index (χ4n) is 3.74. The van der Waals surface area contributed by atoms with Gasteiger partial charge in [0.2, 0.25) is 0 Å². The van der Waals surface area contributed by atoms with Crippen molar-refractivity contribution in [3.05, 3.63) is 84.1 Å². The average Bonchev–Trinajstić information content (AvgIpc) is 3.09. The summed E-state index contributed by atoms with van der Waals surface area (Å²) < 4.78 is 16.3. The Morgan fingerprint density at radius 3 is 2.06 bits per heavy atom. The van der Waals surface area contributed by atoms with Gasteiger partial charge in [0.15, 0.2) is 0 Å². The first-order valence-corrected chi connectivity index (χ1v) is 11.1. The molecule has 0 radical (unpaired) electrons. The Hall–Kier alpha value is -4.26. The SMILES string of the molecule is CCOc1ccc(C2=C(Nc3cccc(OCC)c3)C(=O)N(c3ccc(OC)cc3)C2=O)cc1. The minimum absolute atomic E-state index is 0.193. The van der Waals surface area contributed by atoms with Crippen LogP contribution in [0, 0.1) is 0 Å². The van der Waals surface area contributed by atoms with E-state index in [1.165, 1.54) is 4.90 Å². The van der Waals surface area contributed by atoms with Crippen molar-refractivity contribution in [2.24, 2.45) is 0 Å². The van der Waals surface area contributed by atoms with Gasteiger partial charge in [0.25, 0.3) is 11.8 Å². The Balaban J connectivity index is 1.76. The molecule has 0 spiro atoms. The predicted octanol–water partition coefficient (Wildman–Crippen LogP) is 4.89. The molecule has 0 saturated carbocycles. The van der Waals surface area contributed by atoms with Crippen LogP contribution in [0.15, 0.2) is 78.5 Å². The summed E-state index contributed by atoms with van der Waals surface area (Å²) in [4.78, 5) is 28.3. The van der Waals surface area contributed by atoms with E-state index in [0.717, 1.165) is 0 Å². The number of rotatable bonds is 9. The van der Waals surface area contributed by atoms with E-state index in [9.17, 15) is 9.59 Å². The Bertz CT molecular complexity index is 1220. The maximum Gasteiger partial charge on any atom is 0.282 e. The highest BCUT2D eigenvalue weighted by Crippen LogP contribution is 2.35. The largest absolute Gasteiger partial charge is 0.497 e. The van der Waals surface area contributed by atoms with Gasteiger partial charge in [0, 0.05) is 11.8 Å². The summed E-state index contributed by atoms with van der Waals surface area (Å²) >= 11 is 0. The van der Waals surface area contributed by atoms with Crippen LogP contribution in [-0.4, -0.2) is 32.1 Å². The molecule has 34 heavy (non-hydrogen) atoms. The third-order valence-corrected chi connectivity index (χ3v) is 5.28. The fourth-order valence-corrected chi connectivity index (χ4v) is 3.74. The summed E-state index contributed by atoms with van der Waals surface area (Å²) in [7, 11) is 1.56. The lowest BCUT2D eigenvalue weighted by Gasteiger charge is -2.16. The maximum atomic E-state index is 13.6. The van der Waals surface area contributed by atoms with Gasteiger partial charge in [0.05, 0.1) is 31.6 Å². The van der Waals surface area contributed by atoms with Crippen LogP contribution in [0.25, 0.3) is 5.57 Å². The number of benzene rings is 3. The van der Waals surface area contributed by atoms with E-state index in [4.69, 9.17) is 14.2 Å². The van der Waals surface area contributed by atoms with Crippen molar-refractivity contribution in [2.75, 3.05) is 30.5 Å². The molecule has 7 nitrogen and oxygen atoms in total. The molecule has 2 amide bonds.